The maximum Gasteiger partial charge on any atom is 2.00 e. The third-order valence-electron chi connectivity index (χ3n) is 17.1. The van der Waals surface area contributed by atoms with Crippen molar-refractivity contribution in [2.75, 3.05) is 27.7 Å². The van der Waals surface area contributed by atoms with Crippen LogP contribution in [0.3, 0.4) is 0 Å². The fourth-order valence-corrected chi connectivity index (χ4v) is 25.4. The molecule has 752 valence electrons. The number of halogens is 5. The smallest absolute Gasteiger partial charge is 1.00 e. The van der Waals surface area contributed by atoms with E-state index in [0.29, 0.717) is 71.2 Å². The molecule has 9 aromatic carbocycles. The van der Waals surface area contributed by atoms with Crippen LogP contribution in [0.4, 0.5) is 0 Å². The van der Waals surface area contributed by atoms with Crippen molar-refractivity contribution in [3.63, 3.8) is 0 Å². The van der Waals surface area contributed by atoms with Crippen molar-refractivity contribution in [2.24, 2.45) is 0 Å². The van der Waals surface area contributed by atoms with E-state index in [9.17, 15) is 71.2 Å². The van der Waals surface area contributed by atoms with Crippen molar-refractivity contribution < 1.29 is 132 Å². The van der Waals surface area contributed by atoms with Gasteiger partial charge in [-0.1, -0.05) is 132 Å². The Morgan fingerprint density at radius 3 is 0.629 bits per heavy atom. The zero-order valence-corrected chi connectivity index (χ0v) is 95.7. The first-order valence-electron chi connectivity index (χ1n) is 42.7. The fraction of sp³-hybridized carbons (Fsp3) is 0.353. The van der Waals surface area contributed by atoms with Gasteiger partial charge in [-0.3, -0.25) is 18.9 Å². The Labute approximate surface area is 883 Å². The molecule has 9 rings (SSSR count). The van der Waals surface area contributed by atoms with Crippen LogP contribution in [0.1, 0.15) is 259 Å². The second-order valence-corrected chi connectivity index (χ2v) is 58.6. The molecule has 0 aliphatic carbocycles. The van der Waals surface area contributed by atoms with E-state index in [-0.39, 0.29) is 101 Å². The minimum absolute atomic E-state index is 0. The van der Waals surface area contributed by atoms with E-state index in [1.165, 1.54) is 61.6 Å². The van der Waals surface area contributed by atoms with Gasteiger partial charge in [0.2, 0.25) is 0 Å². The summed E-state index contributed by atoms with van der Waals surface area (Å²) in [5.41, 5.74) is 0.333. The van der Waals surface area contributed by atoms with Gasteiger partial charge in [0.1, 0.15) is 44.8 Å². The standard InChI is InChI=1S/C25H31O6PS.C25H31O5PS.C23H28ClO5P.C17H15O5PS.C11H13O2.CH2Cl3OP.BrH.Mg/c1-17(26)33-16-32(29,20-12-8-18(9-13-20)22(27)30-24(2,3)4)21-14-10-19(11-15-21)23(28)31-25(5,6)7;1-17(26)32-16-31(20-12-8-18(9-13-20)22(27)29-24(2,3)4)21-14-10-19(11-15-21)23(28)30-25(5,6)7;1-22(2,3)28-20(25)16-7-11-18(12-8-16)30(27,15-24)19-13-9-17(10-14-19)21(26)29-23(4,5)6;1-11(18)24-10-23(14-6-2-12(3-7-14)16(19)20)15-8-4-13(5-9-15)17(21)22;1-11(2,3)13-10(12)9-7-5-4-6-8-9;2-1-6(3,4)5;;/h8-15H,16H2,1-7H3;8-15H,16H2,1-7H3;7-14H,15H2,1-6H3;2-9H,10H2,1H3,(H,19,20)(H,21,22);5-8H,1-3H3;1H2;1H;/q;;;;-1;;;+2/p-1. The molecular weight excluding hydrogens is 2110 g/mol. The average Bonchev–Trinajstić information content (AvgIpc) is 0.789. The zero-order chi connectivity index (χ0) is 105. The molecule has 0 saturated carbocycles. The Kier molecular flexibility index (Phi) is 52.4. The predicted octanol–water partition coefficient (Wildman–Crippen LogP) is 20.2. The van der Waals surface area contributed by atoms with Gasteiger partial charge in [-0.15, -0.1) is 23.2 Å². The van der Waals surface area contributed by atoms with Crippen LogP contribution in [-0.4, -0.2) is 169 Å². The number of thioether (sulfide) groups is 3. The van der Waals surface area contributed by atoms with E-state index >= 15 is 0 Å². The molecule has 9 aromatic rings. The molecule has 24 nitrogen and oxygen atoms in total. The van der Waals surface area contributed by atoms with E-state index in [4.69, 9.17) is 89.1 Å². The van der Waals surface area contributed by atoms with Crippen LogP contribution in [0.2, 0.25) is 0 Å². The first-order chi connectivity index (χ1) is 63.5. The Hall–Kier alpha value is -7.77. The first-order valence-corrected chi connectivity index (χ1v) is 57.2. The molecule has 0 heterocycles. The summed E-state index contributed by atoms with van der Waals surface area (Å²) in [5, 5.41) is 23.9. The van der Waals surface area contributed by atoms with Crippen LogP contribution in [0.15, 0.2) is 218 Å². The van der Waals surface area contributed by atoms with E-state index in [0.717, 1.165) is 33.0 Å². The molecule has 0 saturated heterocycles. The van der Waals surface area contributed by atoms with Crippen LogP contribution in [0.25, 0.3) is 0 Å². The summed E-state index contributed by atoms with van der Waals surface area (Å²) < 4.78 is 75.3. The maximum absolute atomic E-state index is 14.1. The number of ether oxygens (including phenoxy) is 7. The maximum atomic E-state index is 14.1. The summed E-state index contributed by atoms with van der Waals surface area (Å²) >= 11 is 24.3. The quantitative estimate of drug-likeness (QED) is 0.0134. The third-order valence-corrected chi connectivity index (χ3v) is 35.6. The SMILES string of the molecule is CC(=O)SCP(=O)(c1ccc(C(=O)OC(C)(C)C)cc1)c1ccc(C(=O)OC(C)(C)C)cc1.CC(=O)SCP(c1ccc(C(=O)O)cc1)c1ccc(C(=O)O)cc1.CC(=O)SCP(c1ccc(C(=O)OC(C)(C)C)cc1)c1ccc(C(=O)OC(C)(C)C)cc1.CC(C)(C)OC(=O)c1cc[c-]cc1.CC(C)(C)OC(=O)c1ccc(P(=O)(CCl)c2ccc(C(=O)OC(C)(C)C)cc2)cc1.O=P(Cl)(Cl)CCl.[Br-].[Mg+2]. The van der Waals surface area contributed by atoms with Gasteiger partial charge in [-0.2, -0.15) is 30.3 Å². The van der Waals surface area contributed by atoms with Gasteiger partial charge in [0, 0.05) is 53.0 Å². The molecular formula is C102H120BrCl4MgO24P5S3. The number of esters is 7. The van der Waals surface area contributed by atoms with Crippen LogP contribution in [-0.2, 0) is 61.2 Å². The van der Waals surface area contributed by atoms with Crippen LogP contribution >= 0.6 is 117 Å². The summed E-state index contributed by atoms with van der Waals surface area (Å²) in [4.78, 5) is 142. The normalized spacial score (nSPS) is 11.6. The zero-order valence-electron chi connectivity index (χ0n) is 82.8. The number of aromatic carboxylic acids is 2. The van der Waals surface area contributed by atoms with Crippen LogP contribution in [0, 0.1) is 6.07 Å². The number of carboxylic acids is 2. The van der Waals surface area contributed by atoms with E-state index in [2.05, 4.69) is 6.07 Å². The van der Waals surface area contributed by atoms with E-state index < -0.39 is 111 Å². The summed E-state index contributed by atoms with van der Waals surface area (Å²) in [6, 6.07) is 63.1. The van der Waals surface area contributed by atoms with Crippen molar-refractivity contribution in [1.29, 1.82) is 0 Å². The number of hydrogen-bond donors (Lipinski definition) is 2. The third kappa shape index (κ3) is 47.8. The second kappa shape index (κ2) is 57.2. The molecule has 0 amide bonds. The molecule has 140 heavy (non-hydrogen) atoms. The molecule has 38 heteroatoms. The molecule has 0 bridgehead atoms. The Bertz CT molecular complexity index is 5540. The van der Waals surface area contributed by atoms with Gasteiger partial charge in [-0.05, 0) is 308 Å². The molecule has 0 aliphatic rings. The molecule has 0 unspecified atom stereocenters. The Balaban J connectivity index is 0.000000592. The van der Waals surface area contributed by atoms with Gasteiger partial charge in [0.05, 0.1) is 55.6 Å². The molecule has 0 aliphatic heterocycles. The number of alkyl halides is 2. The van der Waals surface area contributed by atoms with Gasteiger partial charge in [0.15, 0.2) is 29.6 Å². The van der Waals surface area contributed by atoms with Crippen molar-refractivity contribution in [2.45, 2.75) is 205 Å². The fourth-order valence-electron chi connectivity index (χ4n) is 11.0. The minimum atomic E-state index is -3.22. The van der Waals surface area contributed by atoms with Gasteiger partial charge in [0.25, 0.3) is 5.85 Å². The van der Waals surface area contributed by atoms with Gasteiger partial charge >= 0.3 is 76.8 Å². The van der Waals surface area contributed by atoms with Crippen molar-refractivity contribution in [3.8, 4) is 0 Å². The Morgan fingerprint density at radius 2 is 0.464 bits per heavy atom. The summed E-state index contributed by atoms with van der Waals surface area (Å²) in [7, 11) is -8.10. The van der Waals surface area contributed by atoms with E-state index in [1.54, 1.807) is 260 Å². The monoisotopic (exact) mass is 2220 g/mol. The van der Waals surface area contributed by atoms with Crippen molar-refractivity contribution in [1.82, 2.24) is 0 Å². The topological polar surface area (TPSA) is 361 Å². The van der Waals surface area contributed by atoms with E-state index in [1.807, 2.05) is 86.6 Å². The van der Waals surface area contributed by atoms with Crippen LogP contribution < -0.4 is 59.4 Å². The molecule has 2 N–H and O–H groups in total. The average molecular weight is 2230 g/mol. The van der Waals surface area contributed by atoms with Gasteiger partial charge < -0.3 is 69.5 Å². The summed E-state index contributed by atoms with van der Waals surface area (Å²) in [6.45, 7) is 42.5. The van der Waals surface area contributed by atoms with Crippen molar-refractivity contribution in [3.05, 3.63) is 275 Å². The number of carbonyl (C=O) groups is 12. The predicted molar refractivity (Wildman–Crippen MR) is 569 cm³/mol. The molecule has 0 atom stereocenters. The summed E-state index contributed by atoms with van der Waals surface area (Å²) in [5.74, 6) is -7.78. The Morgan fingerprint density at radius 1 is 0.293 bits per heavy atom. The molecule has 0 aromatic heterocycles. The molecule has 0 fully saturated rings. The number of benzene rings is 9. The first kappa shape index (κ1) is 128. The largest absolute Gasteiger partial charge is 2.00 e. The number of carbonyl (C=O) groups excluding carboxylic acids is 10. The van der Waals surface area contributed by atoms with Crippen LogP contribution in [0.5, 0.6) is 0 Å². The number of carboxylic acid groups (broad SMARTS) is 2. The van der Waals surface area contributed by atoms with Gasteiger partial charge in [-0.25, -0.2) is 43.2 Å². The minimum Gasteiger partial charge on any atom is -1.00 e. The molecule has 0 spiro atoms. The molecule has 0 radical (unpaired) electrons. The number of hydrogen-bond acceptors (Lipinski definition) is 25. The number of rotatable bonds is 25. The van der Waals surface area contributed by atoms with Crippen molar-refractivity contribution >= 4 is 252 Å². The summed E-state index contributed by atoms with van der Waals surface area (Å²) in [6.07, 6.45) is 0. The second-order valence-electron chi connectivity index (χ2n) is 37.2.